The van der Waals surface area contributed by atoms with E-state index in [0.717, 1.165) is 12.0 Å². The Morgan fingerprint density at radius 1 is 1.25 bits per heavy atom. The number of carbonyl (C=O) groups excluding carboxylic acids is 1. The Balaban J connectivity index is 2.52. The van der Waals surface area contributed by atoms with Gasteiger partial charge >= 0.3 is 5.97 Å². The first-order valence-electron chi connectivity index (χ1n) is 5.37. The normalized spacial score (nSPS) is 11.2. The van der Waals surface area contributed by atoms with Crippen molar-refractivity contribution >= 4 is 28.6 Å². The number of alkyl halides is 1. The lowest BCUT2D eigenvalue weighted by molar-refractivity contribution is -0.146. The summed E-state index contributed by atoms with van der Waals surface area (Å²) in [5.41, 5.74) is 2.33. The molecule has 16 heavy (non-hydrogen) atoms. The number of benzene rings is 1. The molecule has 0 aliphatic carbocycles. The number of hydrogen-bond donors (Lipinski definition) is 0. The van der Waals surface area contributed by atoms with Crippen molar-refractivity contribution in [1.29, 1.82) is 0 Å². The second-order valence-electron chi connectivity index (χ2n) is 4.22. The number of halogens is 1. The zero-order chi connectivity index (χ0) is 12.2. The van der Waals surface area contributed by atoms with E-state index in [1.807, 2.05) is 26.0 Å². The summed E-state index contributed by atoms with van der Waals surface area (Å²) in [7, 11) is 0. The Labute approximate surface area is 111 Å². The molecule has 0 spiro atoms. The Morgan fingerprint density at radius 2 is 1.75 bits per heavy atom. The van der Waals surface area contributed by atoms with Crippen LogP contribution in [0, 0.1) is 0 Å². The summed E-state index contributed by atoms with van der Waals surface area (Å²) >= 11 is 2.08. The molecular formula is C13H17IO2. The van der Waals surface area contributed by atoms with Gasteiger partial charge in [-0.1, -0.05) is 53.8 Å². The van der Waals surface area contributed by atoms with Gasteiger partial charge in [0, 0.05) is 0 Å². The second-order valence-corrected chi connectivity index (χ2v) is 6.92. The molecule has 0 amide bonds. The van der Waals surface area contributed by atoms with Crippen molar-refractivity contribution in [2.75, 3.05) is 0 Å². The van der Waals surface area contributed by atoms with Gasteiger partial charge in [-0.05, 0) is 31.4 Å². The topological polar surface area (TPSA) is 26.3 Å². The first-order valence-corrected chi connectivity index (χ1v) is 6.45. The molecule has 0 aliphatic rings. The van der Waals surface area contributed by atoms with Crippen molar-refractivity contribution in [2.24, 2.45) is 0 Å². The van der Waals surface area contributed by atoms with Gasteiger partial charge in [-0.25, -0.2) is 0 Å². The third kappa shape index (κ3) is 4.12. The van der Waals surface area contributed by atoms with Crippen LogP contribution in [0.2, 0.25) is 0 Å². The van der Waals surface area contributed by atoms with Crippen LogP contribution >= 0.6 is 22.6 Å². The van der Waals surface area contributed by atoms with Crippen molar-refractivity contribution in [2.45, 2.75) is 37.2 Å². The Hall–Kier alpha value is -0.580. The lowest BCUT2D eigenvalue weighted by atomic mass is 10.1. The van der Waals surface area contributed by atoms with Gasteiger partial charge in [-0.2, -0.15) is 0 Å². The Morgan fingerprint density at radius 3 is 2.19 bits per heavy atom. The molecule has 0 aromatic heterocycles. The van der Waals surface area contributed by atoms with Crippen molar-refractivity contribution in [3.05, 3.63) is 35.4 Å². The quantitative estimate of drug-likeness (QED) is 0.479. The monoisotopic (exact) mass is 332 g/mol. The highest BCUT2D eigenvalue weighted by Crippen LogP contribution is 2.19. The highest BCUT2D eigenvalue weighted by atomic mass is 127. The van der Waals surface area contributed by atoms with Gasteiger partial charge in [0.05, 0.1) is 0 Å². The minimum absolute atomic E-state index is 0.173. The van der Waals surface area contributed by atoms with Gasteiger partial charge in [0.15, 0.2) is 0 Å². The fraction of sp³-hybridized carbons (Fsp3) is 0.462. The van der Waals surface area contributed by atoms with Crippen LogP contribution in [0.25, 0.3) is 0 Å². The second kappa shape index (κ2) is 5.66. The average Bonchev–Trinajstić information content (AvgIpc) is 2.25. The highest BCUT2D eigenvalue weighted by Gasteiger charge is 2.25. The predicted octanol–water partition coefficient (Wildman–Crippen LogP) is 3.51. The summed E-state index contributed by atoms with van der Waals surface area (Å²) < 4.78 is 4.76. The summed E-state index contributed by atoms with van der Waals surface area (Å²) in [5.74, 6) is -0.173. The lowest BCUT2D eigenvalue weighted by Crippen LogP contribution is -2.26. The van der Waals surface area contributed by atoms with E-state index >= 15 is 0 Å². The molecule has 3 heteroatoms. The molecule has 0 heterocycles. The van der Waals surface area contributed by atoms with Crippen LogP contribution in [-0.4, -0.2) is 9.39 Å². The fourth-order valence-electron chi connectivity index (χ4n) is 1.19. The summed E-state index contributed by atoms with van der Waals surface area (Å²) in [5, 5.41) is 0. The van der Waals surface area contributed by atoms with E-state index in [2.05, 4.69) is 41.6 Å². The minimum Gasteiger partial charge on any atom is -0.460 e. The molecule has 0 fully saturated rings. The number of hydrogen-bond acceptors (Lipinski definition) is 2. The van der Waals surface area contributed by atoms with Crippen LogP contribution in [0.1, 0.15) is 31.9 Å². The van der Waals surface area contributed by atoms with E-state index in [-0.39, 0.29) is 5.97 Å². The number of ether oxygens (including phenoxy) is 1. The predicted molar refractivity (Wildman–Crippen MR) is 73.7 cm³/mol. The third-order valence-corrected chi connectivity index (χ3v) is 2.73. The van der Waals surface area contributed by atoms with Crippen LogP contribution in [0.15, 0.2) is 24.3 Å². The van der Waals surface area contributed by atoms with Crippen molar-refractivity contribution in [1.82, 2.24) is 0 Å². The minimum atomic E-state index is -0.457. The SMILES string of the molecule is CCc1ccc(COC(=O)C(C)(C)I)cc1. The molecule has 1 aromatic rings. The first kappa shape index (κ1) is 13.5. The maximum Gasteiger partial charge on any atom is 0.321 e. The van der Waals surface area contributed by atoms with Crippen LogP contribution in [-0.2, 0) is 22.6 Å². The highest BCUT2D eigenvalue weighted by molar-refractivity contribution is 14.1. The first-order chi connectivity index (χ1) is 7.43. The molecule has 0 bridgehead atoms. The molecule has 88 valence electrons. The van der Waals surface area contributed by atoms with E-state index < -0.39 is 3.42 Å². The van der Waals surface area contributed by atoms with Crippen LogP contribution < -0.4 is 0 Å². The molecule has 0 aliphatic heterocycles. The third-order valence-electron chi connectivity index (χ3n) is 2.29. The molecule has 0 N–H and O–H groups in total. The molecule has 1 rings (SSSR count). The number of aryl methyl sites for hydroxylation is 1. The summed E-state index contributed by atoms with van der Waals surface area (Å²) in [6.07, 6.45) is 1.03. The Kier molecular flexibility index (Phi) is 4.77. The van der Waals surface area contributed by atoms with Crippen LogP contribution in [0.3, 0.4) is 0 Å². The Bertz CT molecular complexity index is 349. The number of esters is 1. The molecule has 0 unspecified atom stereocenters. The zero-order valence-corrected chi connectivity index (χ0v) is 12.1. The van der Waals surface area contributed by atoms with Gasteiger partial charge in [-0.15, -0.1) is 0 Å². The van der Waals surface area contributed by atoms with Crippen LogP contribution in [0.4, 0.5) is 0 Å². The smallest absolute Gasteiger partial charge is 0.321 e. The fourth-order valence-corrected chi connectivity index (χ4v) is 1.35. The lowest BCUT2D eigenvalue weighted by Gasteiger charge is -2.14. The van der Waals surface area contributed by atoms with Gasteiger partial charge < -0.3 is 4.74 Å². The van der Waals surface area contributed by atoms with Crippen LogP contribution in [0.5, 0.6) is 0 Å². The van der Waals surface area contributed by atoms with Gasteiger partial charge in [-0.3, -0.25) is 4.79 Å². The van der Waals surface area contributed by atoms with E-state index in [1.165, 1.54) is 5.56 Å². The van der Waals surface area contributed by atoms with E-state index in [1.54, 1.807) is 0 Å². The molecule has 0 radical (unpaired) electrons. The molecular weight excluding hydrogens is 315 g/mol. The molecule has 0 saturated heterocycles. The standard InChI is InChI=1S/C13H17IO2/c1-4-10-5-7-11(8-6-10)9-16-12(15)13(2,3)14/h5-8H,4,9H2,1-3H3. The molecule has 2 nitrogen and oxygen atoms in total. The number of rotatable bonds is 4. The largest absolute Gasteiger partial charge is 0.460 e. The molecule has 1 aromatic carbocycles. The van der Waals surface area contributed by atoms with Gasteiger partial charge in [0.1, 0.15) is 10.0 Å². The molecule has 0 atom stereocenters. The van der Waals surface area contributed by atoms with E-state index in [9.17, 15) is 4.79 Å². The molecule has 0 saturated carbocycles. The number of carbonyl (C=O) groups is 1. The van der Waals surface area contributed by atoms with E-state index in [0.29, 0.717) is 6.61 Å². The van der Waals surface area contributed by atoms with Gasteiger partial charge in [0.25, 0.3) is 0 Å². The maximum absolute atomic E-state index is 11.5. The average molecular weight is 332 g/mol. The van der Waals surface area contributed by atoms with Crippen molar-refractivity contribution in [3.63, 3.8) is 0 Å². The van der Waals surface area contributed by atoms with Crippen molar-refractivity contribution in [3.8, 4) is 0 Å². The van der Waals surface area contributed by atoms with Gasteiger partial charge in [0.2, 0.25) is 0 Å². The summed E-state index contributed by atoms with van der Waals surface area (Å²) in [6.45, 7) is 6.16. The zero-order valence-electron chi connectivity index (χ0n) is 9.92. The van der Waals surface area contributed by atoms with E-state index in [4.69, 9.17) is 4.74 Å². The summed E-state index contributed by atoms with van der Waals surface area (Å²) in [6, 6.07) is 8.15. The maximum atomic E-state index is 11.5. The van der Waals surface area contributed by atoms with Crippen molar-refractivity contribution < 1.29 is 9.53 Å². The summed E-state index contributed by atoms with van der Waals surface area (Å²) in [4.78, 5) is 11.5.